The van der Waals surface area contributed by atoms with E-state index in [4.69, 9.17) is 12.2 Å². The summed E-state index contributed by atoms with van der Waals surface area (Å²) in [6.45, 7) is 10.3. The van der Waals surface area contributed by atoms with Crippen LogP contribution in [-0.2, 0) is 9.59 Å². The minimum atomic E-state index is -0.486. The molecule has 1 aromatic heterocycles. The van der Waals surface area contributed by atoms with Crippen molar-refractivity contribution in [2.45, 2.75) is 40.5 Å². The van der Waals surface area contributed by atoms with E-state index in [1.165, 1.54) is 10.5 Å². The fraction of sp³-hybridized carbons (Fsp3) is 0.222. The maximum absolute atomic E-state index is 13.4. The summed E-state index contributed by atoms with van der Waals surface area (Å²) in [6, 6.07) is 17.9. The Kier molecular flexibility index (Phi) is 6.04. The van der Waals surface area contributed by atoms with Crippen LogP contribution >= 0.6 is 12.2 Å². The van der Waals surface area contributed by atoms with Crippen molar-refractivity contribution in [3.63, 3.8) is 0 Å². The smallest absolute Gasteiger partial charge is 0.270 e. The molecule has 0 bridgehead atoms. The molecule has 2 heterocycles. The summed E-state index contributed by atoms with van der Waals surface area (Å²) in [7, 11) is 0. The van der Waals surface area contributed by atoms with Crippen LogP contribution in [0.5, 0.6) is 0 Å². The van der Waals surface area contributed by atoms with Crippen LogP contribution in [0.25, 0.3) is 11.8 Å². The number of hydrogen-bond acceptors (Lipinski definition) is 3. The Bertz CT molecular complexity index is 1280. The van der Waals surface area contributed by atoms with Gasteiger partial charge < -0.3 is 4.57 Å². The Morgan fingerprint density at radius 3 is 2.12 bits per heavy atom. The number of hydrogen-bond donors (Lipinski definition) is 1. The quantitative estimate of drug-likeness (QED) is 0.326. The number of carbonyl (C=O) groups excluding carboxylic acids is 2. The second-order valence-corrected chi connectivity index (χ2v) is 9.09. The van der Waals surface area contributed by atoms with Gasteiger partial charge in [0, 0.05) is 17.1 Å². The van der Waals surface area contributed by atoms with E-state index in [-0.39, 0.29) is 10.7 Å². The third-order valence-electron chi connectivity index (χ3n) is 5.98. The lowest BCUT2D eigenvalue weighted by Gasteiger charge is -2.29. The van der Waals surface area contributed by atoms with Gasteiger partial charge in [-0.05, 0) is 86.4 Å². The van der Waals surface area contributed by atoms with Gasteiger partial charge in [-0.15, -0.1) is 0 Å². The summed E-state index contributed by atoms with van der Waals surface area (Å²) in [5, 5.41) is 2.75. The number of anilines is 1. The third kappa shape index (κ3) is 4.26. The first kappa shape index (κ1) is 22.7. The molecule has 0 saturated carbocycles. The summed E-state index contributed by atoms with van der Waals surface area (Å²) in [5.41, 5.74) is 6.85. The first-order valence-corrected chi connectivity index (χ1v) is 11.4. The van der Waals surface area contributed by atoms with Gasteiger partial charge >= 0.3 is 0 Å². The lowest BCUT2D eigenvalue weighted by Crippen LogP contribution is -2.54. The molecule has 0 spiro atoms. The average molecular weight is 458 g/mol. The SMILES string of the molecule is Cc1ccc(-n2c(C)cc(/C=C3\C(=O)NC(=S)N(c4ccc(C(C)C)cc4)C3=O)c2C)cc1. The molecule has 33 heavy (non-hydrogen) atoms. The molecule has 0 unspecified atom stereocenters. The third-order valence-corrected chi connectivity index (χ3v) is 6.27. The molecule has 0 aliphatic carbocycles. The van der Waals surface area contributed by atoms with Crippen molar-refractivity contribution >= 4 is 40.9 Å². The monoisotopic (exact) mass is 457 g/mol. The lowest BCUT2D eigenvalue weighted by molar-refractivity contribution is -0.122. The van der Waals surface area contributed by atoms with Gasteiger partial charge in [-0.2, -0.15) is 0 Å². The molecule has 2 amide bonds. The maximum Gasteiger partial charge on any atom is 0.270 e. The van der Waals surface area contributed by atoms with E-state index in [9.17, 15) is 9.59 Å². The van der Waals surface area contributed by atoms with Gasteiger partial charge in [-0.3, -0.25) is 19.8 Å². The van der Waals surface area contributed by atoms with E-state index in [0.29, 0.717) is 11.6 Å². The molecule has 2 aromatic carbocycles. The second kappa shape index (κ2) is 8.79. The molecule has 1 saturated heterocycles. The Morgan fingerprint density at radius 2 is 1.52 bits per heavy atom. The maximum atomic E-state index is 13.4. The zero-order chi connectivity index (χ0) is 23.9. The topological polar surface area (TPSA) is 54.3 Å². The number of thiocarbonyl (C=S) groups is 1. The molecular weight excluding hydrogens is 430 g/mol. The summed E-state index contributed by atoms with van der Waals surface area (Å²) >= 11 is 5.33. The number of carbonyl (C=O) groups is 2. The number of nitrogens with one attached hydrogen (secondary N) is 1. The van der Waals surface area contributed by atoms with Crippen molar-refractivity contribution in [2.24, 2.45) is 0 Å². The highest BCUT2D eigenvalue weighted by Crippen LogP contribution is 2.27. The molecule has 168 valence electrons. The Labute approximate surface area is 199 Å². The predicted octanol–water partition coefficient (Wildman–Crippen LogP) is 5.36. The second-order valence-electron chi connectivity index (χ2n) is 8.70. The van der Waals surface area contributed by atoms with Gasteiger partial charge in [0.15, 0.2) is 5.11 Å². The van der Waals surface area contributed by atoms with Gasteiger partial charge in [0.25, 0.3) is 11.8 Å². The molecule has 0 atom stereocenters. The van der Waals surface area contributed by atoms with E-state index in [0.717, 1.165) is 28.2 Å². The van der Waals surface area contributed by atoms with Crippen molar-refractivity contribution in [3.05, 3.63) is 88.2 Å². The molecule has 6 heteroatoms. The van der Waals surface area contributed by atoms with Crippen LogP contribution < -0.4 is 10.2 Å². The van der Waals surface area contributed by atoms with Gasteiger partial charge in [0.05, 0.1) is 5.69 Å². The van der Waals surface area contributed by atoms with Crippen LogP contribution in [-0.4, -0.2) is 21.5 Å². The highest BCUT2D eigenvalue weighted by molar-refractivity contribution is 7.80. The summed E-state index contributed by atoms with van der Waals surface area (Å²) in [6.07, 6.45) is 1.65. The van der Waals surface area contributed by atoms with E-state index in [1.807, 2.05) is 44.2 Å². The van der Waals surface area contributed by atoms with E-state index in [2.05, 4.69) is 54.9 Å². The van der Waals surface area contributed by atoms with Crippen LogP contribution in [0, 0.1) is 20.8 Å². The first-order valence-electron chi connectivity index (χ1n) is 10.9. The number of aryl methyl sites for hydroxylation is 2. The molecule has 4 rings (SSSR count). The normalized spacial score (nSPS) is 15.5. The first-order chi connectivity index (χ1) is 15.7. The van der Waals surface area contributed by atoms with Crippen LogP contribution in [0.15, 0.2) is 60.2 Å². The summed E-state index contributed by atoms with van der Waals surface area (Å²) < 4.78 is 2.12. The van der Waals surface area contributed by atoms with Gasteiger partial charge in [-0.25, -0.2) is 0 Å². The number of nitrogens with zero attached hydrogens (tertiary/aromatic N) is 2. The fourth-order valence-electron chi connectivity index (χ4n) is 4.08. The predicted molar refractivity (Wildman–Crippen MR) is 137 cm³/mol. The summed E-state index contributed by atoms with van der Waals surface area (Å²) in [5.74, 6) is -0.539. The fourth-order valence-corrected chi connectivity index (χ4v) is 4.36. The van der Waals surface area contributed by atoms with Crippen LogP contribution in [0.2, 0.25) is 0 Å². The highest BCUT2D eigenvalue weighted by Gasteiger charge is 2.34. The Hall–Kier alpha value is -3.51. The largest absolute Gasteiger partial charge is 0.318 e. The van der Waals surface area contributed by atoms with Crippen molar-refractivity contribution < 1.29 is 9.59 Å². The van der Waals surface area contributed by atoms with Crippen LogP contribution in [0.4, 0.5) is 5.69 Å². The van der Waals surface area contributed by atoms with Gasteiger partial charge in [0.2, 0.25) is 0 Å². The van der Waals surface area contributed by atoms with Crippen molar-refractivity contribution in [2.75, 3.05) is 4.90 Å². The molecule has 1 fully saturated rings. The van der Waals surface area contributed by atoms with E-state index < -0.39 is 11.8 Å². The van der Waals surface area contributed by atoms with Crippen molar-refractivity contribution in [1.82, 2.24) is 9.88 Å². The molecule has 1 aliphatic rings. The zero-order valence-corrected chi connectivity index (χ0v) is 20.3. The van der Waals surface area contributed by atoms with Crippen molar-refractivity contribution in [1.29, 1.82) is 0 Å². The van der Waals surface area contributed by atoms with Crippen molar-refractivity contribution in [3.8, 4) is 5.69 Å². The molecule has 5 nitrogen and oxygen atoms in total. The number of benzene rings is 2. The molecule has 1 N–H and O–H groups in total. The van der Waals surface area contributed by atoms with E-state index >= 15 is 0 Å². The molecule has 1 aliphatic heterocycles. The number of aromatic nitrogens is 1. The minimum Gasteiger partial charge on any atom is -0.318 e. The lowest BCUT2D eigenvalue weighted by atomic mass is 10.0. The molecule has 0 radical (unpaired) electrons. The highest BCUT2D eigenvalue weighted by atomic mass is 32.1. The van der Waals surface area contributed by atoms with Gasteiger partial charge in [-0.1, -0.05) is 43.7 Å². The van der Waals surface area contributed by atoms with E-state index in [1.54, 1.807) is 6.08 Å². The van der Waals surface area contributed by atoms with Crippen LogP contribution in [0.3, 0.4) is 0 Å². The zero-order valence-electron chi connectivity index (χ0n) is 19.5. The minimum absolute atomic E-state index is 0.0562. The van der Waals surface area contributed by atoms with Gasteiger partial charge in [0.1, 0.15) is 5.57 Å². The van der Waals surface area contributed by atoms with Crippen LogP contribution in [0.1, 0.15) is 47.8 Å². The number of amides is 2. The molecule has 3 aromatic rings. The number of rotatable bonds is 4. The standard InChI is InChI=1S/C27H27N3O2S/c1-16(2)20-8-12-23(13-9-20)30-26(32)24(25(31)28-27(30)33)15-21-14-18(4)29(19(21)5)22-10-6-17(3)7-11-22/h6-16H,1-5H3,(H,28,31,33)/b24-15+. The Balaban J connectivity index is 1.72. The average Bonchev–Trinajstić information content (AvgIpc) is 3.05. The summed E-state index contributed by atoms with van der Waals surface area (Å²) in [4.78, 5) is 27.5. The Morgan fingerprint density at radius 1 is 0.909 bits per heavy atom. The molecular formula is C27H27N3O2S.